The van der Waals surface area contributed by atoms with E-state index in [1.165, 1.54) is 4.31 Å². The molecule has 7 nitrogen and oxygen atoms in total. The lowest BCUT2D eigenvalue weighted by molar-refractivity contribution is -0.133. The van der Waals surface area contributed by atoms with Gasteiger partial charge < -0.3 is 0 Å². The fourth-order valence-corrected chi connectivity index (χ4v) is 5.25. The van der Waals surface area contributed by atoms with E-state index >= 15 is 0 Å². The van der Waals surface area contributed by atoms with Crippen LogP contribution >= 0.6 is 0 Å². The van der Waals surface area contributed by atoms with Gasteiger partial charge in [-0.05, 0) is 40.3 Å². The van der Waals surface area contributed by atoms with E-state index in [1.807, 2.05) is 50.2 Å². The fourth-order valence-electron chi connectivity index (χ4n) is 3.57. The molecule has 2 N–H and O–H groups in total. The molecule has 31 heavy (non-hydrogen) atoms. The molecule has 1 aromatic heterocycles. The zero-order valence-corrected chi connectivity index (χ0v) is 18.4. The van der Waals surface area contributed by atoms with Gasteiger partial charge in [-0.1, -0.05) is 62.4 Å². The first-order chi connectivity index (χ1) is 14.8. The van der Waals surface area contributed by atoms with Gasteiger partial charge in [0.15, 0.2) is 0 Å². The average Bonchev–Trinajstić information content (AvgIpc) is 2.75. The van der Waals surface area contributed by atoms with Crippen molar-refractivity contribution in [1.82, 2.24) is 14.8 Å². The summed E-state index contributed by atoms with van der Waals surface area (Å²) in [6, 6.07) is 15.7. The van der Waals surface area contributed by atoms with Gasteiger partial charge in [-0.3, -0.25) is 15.0 Å². The van der Waals surface area contributed by atoms with E-state index in [9.17, 15) is 18.4 Å². The van der Waals surface area contributed by atoms with Crippen molar-refractivity contribution in [3.63, 3.8) is 0 Å². The van der Waals surface area contributed by atoms with Gasteiger partial charge >= 0.3 is 0 Å². The molecule has 0 radical (unpaired) electrons. The van der Waals surface area contributed by atoms with Crippen LogP contribution in [-0.4, -0.2) is 34.9 Å². The van der Waals surface area contributed by atoms with E-state index in [1.54, 1.807) is 36.1 Å². The lowest BCUT2D eigenvalue weighted by atomic mass is 10.0. The molecule has 0 aliphatic rings. The highest BCUT2D eigenvalue weighted by molar-refractivity contribution is 7.88. The Morgan fingerprint density at radius 3 is 2.45 bits per heavy atom. The molecule has 164 valence electrons. The summed E-state index contributed by atoms with van der Waals surface area (Å²) in [5.74, 6) is -0.972. The summed E-state index contributed by atoms with van der Waals surface area (Å²) in [4.78, 5) is 16.5. The van der Waals surface area contributed by atoms with Gasteiger partial charge in [0.05, 0.1) is 5.75 Å². The molecule has 0 bridgehead atoms. The topological polar surface area (TPSA) is 99.6 Å². The first kappa shape index (κ1) is 22.9. The molecule has 0 spiro atoms. The molecular formula is C23H27N3O4S. The third-order valence-corrected chi connectivity index (χ3v) is 6.83. The van der Waals surface area contributed by atoms with Crippen molar-refractivity contribution in [2.24, 2.45) is 5.92 Å². The van der Waals surface area contributed by atoms with Crippen LogP contribution in [0.2, 0.25) is 0 Å². The number of hydroxylamine groups is 1. The number of fused-ring (bicyclic) bond motifs is 1. The maximum atomic E-state index is 13.5. The minimum absolute atomic E-state index is 0.0193. The van der Waals surface area contributed by atoms with Gasteiger partial charge in [0.25, 0.3) is 5.91 Å². The molecule has 0 aliphatic carbocycles. The van der Waals surface area contributed by atoms with Crippen molar-refractivity contribution in [3.05, 3.63) is 78.1 Å². The number of amides is 1. The highest BCUT2D eigenvalue weighted by Crippen LogP contribution is 2.24. The van der Waals surface area contributed by atoms with Gasteiger partial charge in [-0.15, -0.1) is 0 Å². The predicted molar refractivity (Wildman–Crippen MR) is 120 cm³/mol. The number of carbonyl (C=O) groups is 1. The van der Waals surface area contributed by atoms with Gasteiger partial charge in [-0.25, -0.2) is 13.9 Å². The van der Waals surface area contributed by atoms with Crippen LogP contribution in [0.4, 0.5) is 0 Å². The lowest BCUT2D eigenvalue weighted by Gasteiger charge is -2.30. The second-order valence-corrected chi connectivity index (χ2v) is 9.89. The molecule has 3 aromatic rings. The molecule has 1 amide bonds. The van der Waals surface area contributed by atoms with Crippen molar-refractivity contribution in [2.45, 2.75) is 38.6 Å². The zero-order valence-electron chi connectivity index (χ0n) is 17.6. The van der Waals surface area contributed by atoms with Crippen LogP contribution in [0, 0.1) is 5.92 Å². The number of hydrogen-bond donors (Lipinski definition) is 2. The third-order valence-electron chi connectivity index (χ3n) is 5.04. The largest absolute Gasteiger partial charge is 0.289 e. The maximum Gasteiger partial charge on any atom is 0.261 e. The van der Waals surface area contributed by atoms with E-state index in [0.29, 0.717) is 11.1 Å². The van der Waals surface area contributed by atoms with Crippen LogP contribution in [0.1, 0.15) is 31.4 Å². The quantitative estimate of drug-likeness (QED) is 0.391. The molecule has 8 heteroatoms. The van der Waals surface area contributed by atoms with Crippen molar-refractivity contribution in [3.8, 4) is 0 Å². The summed E-state index contributed by atoms with van der Waals surface area (Å²) in [5.41, 5.74) is 2.92. The second kappa shape index (κ2) is 10.00. The average molecular weight is 442 g/mol. The third kappa shape index (κ3) is 5.88. The number of carbonyl (C=O) groups excluding carboxylic acids is 1. The van der Waals surface area contributed by atoms with Gasteiger partial charge in [-0.2, -0.15) is 4.31 Å². The first-order valence-corrected chi connectivity index (χ1v) is 11.7. The molecule has 0 saturated carbocycles. The van der Waals surface area contributed by atoms with Crippen molar-refractivity contribution >= 4 is 26.7 Å². The molecule has 3 rings (SSSR count). The van der Waals surface area contributed by atoms with Crippen LogP contribution in [0.5, 0.6) is 0 Å². The number of rotatable bonds is 9. The molecule has 0 aliphatic heterocycles. The molecule has 1 heterocycles. The summed E-state index contributed by atoms with van der Waals surface area (Å²) in [7, 11) is -3.91. The summed E-state index contributed by atoms with van der Waals surface area (Å²) in [6.07, 6.45) is 3.44. The van der Waals surface area contributed by atoms with Gasteiger partial charge in [0.2, 0.25) is 10.0 Å². The Labute approximate surface area is 182 Å². The lowest BCUT2D eigenvalue weighted by Crippen LogP contribution is -2.49. The molecule has 0 fully saturated rings. The van der Waals surface area contributed by atoms with Crippen LogP contribution in [-0.2, 0) is 27.1 Å². The Balaban J connectivity index is 1.98. The molecule has 1 atom stereocenters. The molecule has 0 saturated heterocycles. The van der Waals surface area contributed by atoms with Crippen LogP contribution in [0.25, 0.3) is 10.8 Å². The predicted octanol–water partition coefficient (Wildman–Crippen LogP) is 3.49. The van der Waals surface area contributed by atoms with E-state index in [0.717, 1.165) is 10.8 Å². The second-order valence-electron chi connectivity index (χ2n) is 7.97. The Kier molecular flexibility index (Phi) is 7.37. The maximum absolute atomic E-state index is 13.5. The number of aromatic nitrogens is 1. The van der Waals surface area contributed by atoms with Gasteiger partial charge in [0, 0.05) is 18.9 Å². The van der Waals surface area contributed by atoms with Crippen molar-refractivity contribution < 1.29 is 18.4 Å². The normalized spacial score (nSPS) is 12.9. The Hall–Kier alpha value is -2.81. The smallest absolute Gasteiger partial charge is 0.261 e. The fraction of sp³-hybridized carbons (Fsp3) is 0.304. The Bertz CT molecular complexity index is 1130. The molecule has 0 unspecified atom stereocenters. The minimum Gasteiger partial charge on any atom is -0.289 e. The van der Waals surface area contributed by atoms with Crippen LogP contribution < -0.4 is 5.48 Å². The van der Waals surface area contributed by atoms with Crippen LogP contribution in [0.3, 0.4) is 0 Å². The standard InChI is InChI=1S/C23H27N3O4S/c1-17(2)12-22(23(27)25-28)26(15-19-6-5-11-24-14-19)31(29,30)16-18-9-10-20-7-3-4-8-21(20)13-18/h3-11,13-14,17,22,28H,12,15-16H2,1-2H3,(H,25,27)/t22-/m1/s1. The number of benzene rings is 2. The summed E-state index contributed by atoms with van der Waals surface area (Å²) in [6.45, 7) is 3.78. The number of nitrogens with one attached hydrogen (secondary N) is 1. The Morgan fingerprint density at radius 1 is 1.06 bits per heavy atom. The van der Waals surface area contributed by atoms with E-state index in [-0.39, 0.29) is 24.6 Å². The SMILES string of the molecule is CC(C)C[C@H](C(=O)NO)N(Cc1cccnc1)S(=O)(=O)Cc1ccc2ccccc2c1. The van der Waals surface area contributed by atoms with E-state index in [2.05, 4.69) is 4.98 Å². The zero-order chi connectivity index (χ0) is 22.4. The monoisotopic (exact) mass is 441 g/mol. The van der Waals surface area contributed by atoms with E-state index in [4.69, 9.17) is 0 Å². The highest BCUT2D eigenvalue weighted by Gasteiger charge is 2.35. The Morgan fingerprint density at radius 2 is 1.81 bits per heavy atom. The summed E-state index contributed by atoms with van der Waals surface area (Å²) >= 11 is 0. The number of sulfonamides is 1. The summed E-state index contributed by atoms with van der Waals surface area (Å²) < 4.78 is 28.2. The molecular weight excluding hydrogens is 414 g/mol. The highest BCUT2D eigenvalue weighted by atomic mass is 32.2. The first-order valence-electron chi connectivity index (χ1n) is 10.1. The summed E-state index contributed by atoms with van der Waals surface area (Å²) in [5, 5.41) is 11.2. The molecule has 2 aromatic carbocycles. The van der Waals surface area contributed by atoms with Crippen LogP contribution in [0.15, 0.2) is 67.0 Å². The van der Waals surface area contributed by atoms with E-state index < -0.39 is 22.0 Å². The number of nitrogens with zero attached hydrogens (tertiary/aromatic N) is 2. The minimum atomic E-state index is -3.91. The van der Waals surface area contributed by atoms with Crippen molar-refractivity contribution in [1.29, 1.82) is 0 Å². The number of hydrogen-bond acceptors (Lipinski definition) is 5. The van der Waals surface area contributed by atoms with Crippen molar-refractivity contribution in [2.75, 3.05) is 0 Å². The van der Waals surface area contributed by atoms with Gasteiger partial charge in [0.1, 0.15) is 6.04 Å². The number of pyridine rings is 1.